The van der Waals surface area contributed by atoms with Crippen LogP contribution in [0, 0.1) is 6.92 Å². The molecule has 8 nitrogen and oxygen atoms in total. The molecule has 1 amide bonds. The zero-order valence-electron chi connectivity index (χ0n) is 17.2. The number of morpholine rings is 1. The average molecular weight is 441 g/mol. The number of ether oxygens (including phenoxy) is 1. The summed E-state index contributed by atoms with van der Waals surface area (Å²) in [6.07, 6.45) is 3.58. The van der Waals surface area contributed by atoms with Crippen LogP contribution >= 0.6 is 0 Å². The van der Waals surface area contributed by atoms with Crippen molar-refractivity contribution in [3.8, 4) is 5.69 Å². The van der Waals surface area contributed by atoms with Crippen LogP contribution in [0.1, 0.15) is 11.1 Å². The van der Waals surface area contributed by atoms with E-state index in [0.29, 0.717) is 37.6 Å². The molecule has 31 heavy (non-hydrogen) atoms. The van der Waals surface area contributed by atoms with Crippen LogP contribution in [0.5, 0.6) is 0 Å². The highest BCUT2D eigenvalue weighted by Crippen LogP contribution is 2.24. The van der Waals surface area contributed by atoms with Crippen LogP contribution < -0.4 is 5.32 Å². The minimum absolute atomic E-state index is 0.131. The van der Waals surface area contributed by atoms with Gasteiger partial charge in [-0.05, 0) is 42.3 Å². The lowest BCUT2D eigenvalue weighted by atomic mass is 10.2. The van der Waals surface area contributed by atoms with E-state index >= 15 is 0 Å². The van der Waals surface area contributed by atoms with Gasteiger partial charge in [0.25, 0.3) is 0 Å². The fraction of sp³-hybridized carbons (Fsp3) is 0.273. The Kier molecular flexibility index (Phi) is 6.17. The summed E-state index contributed by atoms with van der Waals surface area (Å²) in [7, 11) is -3.65. The molecular weight excluding hydrogens is 416 g/mol. The van der Waals surface area contributed by atoms with E-state index < -0.39 is 10.0 Å². The fourth-order valence-corrected chi connectivity index (χ4v) is 5.10. The maximum Gasteiger partial charge on any atom is 0.243 e. The highest BCUT2D eigenvalue weighted by atomic mass is 32.2. The summed E-state index contributed by atoms with van der Waals surface area (Å²) in [6, 6.07) is 14.6. The Hall–Kier alpha value is -3.01. The van der Waals surface area contributed by atoms with Crippen molar-refractivity contribution in [2.75, 3.05) is 31.6 Å². The molecule has 0 unspecified atom stereocenters. The molecule has 162 valence electrons. The van der Waals surface area contributed by atoms with Crippen molar-refractivity contribution in [1.29, 1.82) is 0 Å². The third kappa shape index (κ3) is 4.84. The Bertz CT molecular complexity index is 1170. The number of anilines is 1. The second-order valence-electron chi connectivity index (χ2n) is 7.35. The second-order valence-corrected chi connectivity index (χ2v) is 9.26. The number of carbonyl (C=O) groups is 1. The number of hydrogen-bond acceptors (Lipinski definition) is 5. The van der Waals surface area contributed by atoms with Crippen LogP contribution in [-0.2, 0) is 26.0 Å². The van der Waals surface area contributed by atoms with E-state index in [1.54, 1.807) is 36.1 Å². The number of hydrogen-bond donors (Lipinski definition) is 1. The van der Waals surface area contributed by atoms with Crippen molar-refractivity contribution >= 4 is 21.6 Å². The van der Waals surface area contributed by atoms with E-state index in [-0.39, 0.29) is 17.2 Å². The first kappa shape index (κ1) is 21.2. The van der Waals surface area contributed by atoms with Crippen molar-refractivity contribution in [3.05, 3.63) is 72.1 Å². The van der Waals surface area contributed by atoms with Crippen molar-refractivity contribution in [1.82, 2.24) is 14.1 Å². The molecule has 0 spiro atoms. The molecule has 1 aliphatic rings. The van der Waals surface area contributed by atoms with Gasteiger partial charge in [-0.1, -0.05) is 24.3 Å². The molecule has 2 heterocycles. The van der Waals surface area contributed by atoms with E-state index in [4.69, 9.17) is 4.74 Å². The molecule has 9 heteroatoms. The van der Waals surface area contributed by atoms with Gasteiger partial charge >= 0.3 is 0 Å². The third-order valence-corrected chi connectivity index (χ3v) is 7.12. The third-order valence-electron chi connectivity index (χ3n) is 5.08. The highest BCUT2D eigenvalue weighted by Gasteiger charge is 2.28. The first-order valence-corrected chi connectivity index (χ1v) is 11.4. The molecule has 0 saturated carbocycles. The smallest absolute Gasteiger partial charge is 0.243 e. The quantitative estimate of drug-likeness (QED) is 0.635. The molecule has 0 bridgehead atoms. The summed E-state index contributed by atoms with van der Waals surface area (Å²) in [4.78, 5) is 12.7. The van der Waals surface area contributed by atoms with Crippen LogP contribution in [0.15, 0.2) is 65.8 Å². The van der Waals surface area contributed by atoms with Crippen LogP contribution in [0.3, 0.4) is 0 Å². The second kappa shape index (κ2) is 9.01. The van der Waals surface area contributed by atoms with Gasteiger partial charge in [0, 0.05) is 25.0 Å². The molecule has 3 aromatic rings. The Morgan fingerprint density at radius 1 is 1.13 bits per heavy atom. The van der Waals surface area contributed by atoms with Gasteiger partial charge in [-0.3, -0.25) is 4.79 Å². The predicted octanol–water partition coefficient (Wildman–Crippen LogP) is 2.38. The summed E-state index contributed by atoms with van der Waals surface area (Å²) in [5.74, 6) is -0.244. The number of amides is 1. The number of carbonyl (C=O) groups excluding carboxylic acids is 1. The monoisotopic (exact) mass is 440 g/mol. The maximum atomic E-state index is 13.0. The predicted molar refractivity (Wildman–Crippen MR) is 117 cm³/mol. The van der Waals surface area contributed by atoms with E-state index in [0.717, 1.165) is 11.3 Å². The summed E-state index contributed by atoms with van der Waals surface area (Å²) < 4.78 is 34.4. The van der Waals surface area contributed by atoms with E-state index in [1.807, 2.05) is 30.3 Å². The Balaban J connectivity index is 1.47. The molecule has 2 aromatic carbocycles. The van der Waals surface area contributed by atoms with Crippen molar-refractivity contribution < 1.29 is 17.9 Å². The summed E-state index contributed by atoms with van der Waals surface area (Å²) in [5.41, 5.74) is 2.74. The van der Waals surface area contributed by atoms with Crippen LogP contribution in [0.25, 0.3) is 5.69 Å². The molecule has 1 N–H and O–H groups in total. The number of aromatic nitrogens is 2. The minimum atomic E-state index is -3.65. The number of nitrogens with zero attached hydrogens (tertiary/aromatic N) is 3. The van der Waals surface area contributed by atoms with Gasteiger partial charge in [0.15, 0.2) is 0 Å². The Morgan fingerprint density at radius 3 is 2.61 bits per heavy atom. The van der Waals surface area contributed by atoms with Crippen LogP contribution in [0.2, 0.25) is 0 Å². The van der Waals surface area contributed by atoms with Crippen LogP contribution in [-0.4, -0.2) is 54.7 Å². The zero-order valence-corrected chi connectivity index (χ0v) is 18.0. The number of nitrogens with one attached hydrogen (secondary N) is 1. The molecule has 1 saturated heterocycles. The molecule has 1 aliphatic heterocycles. The number of benzene rings is 2. The van der Waals surface area contributed by atoms with Gasteiger partial charge in [-0.25, -0.2) is 13.1 Å². The molecule has 0 aliphatic carbocycles. The SMILES string of the molecule is Cc1ccc(NC(=O)Cc2cnn(-c3ccccc3)c2)cc1S(=O)(=O)N1CCOCC1. The van der Waals surface area contributed by atoms with Gasteiger partial charge in [0.1, 0.15) is 0 Å². The molecule has 0 atom stereocenters. The Morgan fingerprint density at radius 2 is 1.87 bits per heavy atom. The highest BCUT2D eigenvalue weighted by molar-refractivity contribution is 7.89. The number of para-hydroxylation sites is 1. The van der Waals surface area contributed by atoms with E-state index in [9.17, 15) is 13.2 Å². The van der Waals surface area contributed by atoms with Gasteiger partial charge < -0.3 is 10.1 Å². The largest absolute Gasteiger partial charge is 0.379 e. The number of sulfonamides is 1. The van der Waals surface area contributed by atoms with Crippen molar-refractivity contribution in [2.45, 2.75) is 18.2 Å². The minimum Gasteiger partial charge on any atom is -0.379 e. The zero-order chi connectivity index (χ0) is 21.8. The lowest BCUT2D eigenvalue weighted by Gasteiger charge is -2.26. The molecule has 0 radical (unpaired) electrons. The van der Waals surface area contributed by atoms with E-state index in [2.05, 4.69) is 10.4 Å². The van der Waals surface area contributed by atoms with Gasteiger partial charge in [0.2, 0.25) is 15.9 Å². The average Bonchev–Trinajstić information content (AvgIpc) is 3.24. The van der Waals surface area contributed by atoms with Crippen LogP contribution in [0.4, 0.5) is 5.69 Å². The first-order chi connectivity index (χ1) is 14.9. The fourth-order valence-electron chi connectivity index (χ4n) is 3.45. The first-order valence-electron chi connectivity index (χ1n) is 10.0. The summed E-state index contributed by atoms with van der Waals surface area (Å²) >= 11 is 0. The van der Waals surface area contributed by atoms with Gasteiger partial charge in [-0.2, -0.15) is 9.40 Å². The molecule has 1 fully saturated rings. The normalized spacial score (nSPS) is 15.0. The number of rotatable bonds is 6. The lowest BCUT2D eigenvalue weighted by Crippen LogP contribution is -2.40. The molecule has 4 rings (SSSR count). The lowest BCUT2D eigenvalue weighted by molar-refractivity contribution is -0.115. The van der Waals surface area contributed by atoms with E-state index in [1.165, 1.54) is 10.4 Å². The number of aryl methyl sites for hydroxylation is 1. The molecular formula is C22H24N4O4S. The van der Waals surface area contributed by atoms with Gasteiger partial charge in [0.05, 0.1) is 36.4 Å². The topological polar surface area (TPSA) is 93.5 Å². The summed E-state index contributed by atoms with van der Waals surface area (Å²) in [6.45, 7) is 3.15. The van der Waals surface area contributed by atoms with Gasteiger partial charge in [-0.15, -0.1) is 0 Å². The maximum absolute atomic E-state index is 13.0. The van der Waals surface area contributed by atoms with Crippen molar-refractivity contribution in [2.24, 2.45) is 0 Å². The Labute approximate surface area is 181 Å². The summed E-state index contributed by atoms with van der Waals surface area (Å²) in [5, 5.41) is 7.10. The standard InChI is InChI=1S/C22H24N4O4S/c1-17-7-8-19(14-21(17)31(28,29)25-9-11-30-12-10-25)24-22(27)13-18-15-23-26(16-18)20-5-3-2-4-6-20/h2-8,14-16H,9-13H2,1H3,(H,24,27). The van der Waals surface area contributed by atoms with Crippen molar-refractivity contribution in [3.63, 3.8) is 0 Å². The molecule has 1 aromatic heterocycles.